The van der Waals surface area contributed by atoms with Crippen LogP contribution in [0.5, 0.6) is 5.75 Å². The van der Waals surface area contributed by atoms with Crippen molar-refractivity contribution in [3.05, 3.63) is 60.8 Å². The fourth-order valence-electron chi connectivity index (χ4n) is 3.31. The molecule has 3 nitrogen and oxygen atoms in total. The van der Waals surface area contributed by atoms with Crippen molar-refractivity contribution in [2.24, 2.45) is 0 Å². The molecule has 1 aliphatic rings. The molecule has 3 aromatic rings. The molecule has 0 atom stereocenters. The Kier molecular flexibility index (Phi) is 4.32. The molecule has 0 radical (unpaired) electrons. The van der Waals surface area contributed by atoms with Crippen LogP contribution in [0.4, 0.5) is 11.5 Å². The van der Waals surface area contributed by atoms with Crippen LogP contribution in [-0.2, 0) is 0 Å². The molecule has 1 fully saturated rings. The molecule has 0 bridgehead atoms. The van der Waals surface area contributed by atoms with Crippen LogP contribution in [0.15, 0.2) is 60.8 Å². The minimum absolute atomic E-state index is 0.375. The zero-order valence-electron chi connectivity index (χ0n) is 13.7. The van der Waals surface area contributed by atoms with E-state index >= 15 is 0 Å². The standard InChI is InChI=1S/C21H22N2O/c1-3-7-18(8-4-1)23-21-14-17-13-20(12-11-16(17)15-22-21)24-19-9-5-2-6-10-19/h1,3-4,7-8,11-15,19H,2,5-6,9-10H2,(H,22,23). The van der Waals surface area contributed by atoms with Gasteiger partial charge >= 0.3 is 0 Å². The van der Waals surface area contributed by atoms with Crippen LogP contribution in [-0.4, -0.2) is 11.1 Å². The molecule has 1 aliphatic carbocycles. The van der Waals surface area contributed by atoms with Gasteiger partial charge in [0.25, 0.3) is 0 Å². The SMILES string of the molecule is c1ccc(Nc2cc3cc(OC4CCCCC4)ccc3cn2)cc1. The van der Waals surface area contributed by atoms with Gasteiger partial charge in [-0.05, 0) is 67.5 Å². The van der Waals surface area contributed by atoms with Crippen molar-refractivity contribution in [2.45, 2.75) is 38.2 Å². The molecule has 122 valence electrons. The number of anilines is 2. The van der Waals surface area contributed by atoms with E-state index in [4.69, 9.17) is 4.74 Å². The predicted octanol–water partition coefficient (Wildman–Crippen LogP) is 5.69. The lowest BCUT2D eigenvalue weighted by molar-refractivity contribution is 0.155. The van der Waals surface area contributed by atoms with Crippen molar-refractivity contribution in [1.82, 2.24) is 4.98 Å². The van der Waals surface area contributed by atoms with Crippen LogP contribution in [0.1, 0.15) is 32.1 Å². The number of hydrogen-bond donors (Lipinski definition) is 1. The summed E-state index contributed by atoms with van der Waals surface area (Å²) in [6.45, 7) is 0. The monoisotopic (exact) mass is 318 g/mol. The highest BCUT2D eigenvalue weighted by Gasteiger charge is 2.14. The summed E-state index contributed by atoms with van der Waals surface area (Å²) in [7, 11) is 0. The van der Waals surface area contributed by atoms with Gasteiger partial charge in [0.1, 0.15) is 11.6 Å². The highest BCUT2D eigenvalue weighted by Crippen LogP contribution is 2.27. The van der Waals surface area contributed by atoms with Gasteiger partial charge in [0, 0.05) is 17.3 Å². The number of nitrogens with zero attached hydrogens (tertiary/aromatic N) is 1. The van der Waals surface area contributed by atoms with E-state index in [1.165, 1.54) is 32.1 Å². The molecule has 1 aromatic heterocycles. The minimum atomic E-state index is 0.375. The van der Waals surface area contributed by atoms with Crippen molar-refractivity contribution in [1.29, 1.82) is 0 Å². The van der Waals surface area contributed by atoms with Crippen LogP contribution in [0.2, 0.25) is 0 Å². The van der Waals surface area contributed by atoms with E-state index < -0.39 is 0 Å². The maximum absolute atomic E-state index is 6.18. The van der Waals surface area contributed by atoms with Crippen LogP contribution >= 0.6 is 0 Å². The van der Waals surface area contributed by atoms with Crippen LogP contribution in [0.3, 0.4) is 0 Å². The minimum Gasteiger partial charge on any atom is -0.490 e. The van der Waals surface area contributed by atoms with Crippen LogP contribution < -0.4 is 10.1 Å². The number of hydrogen-bond acceptors (Lipinski definition) is 3. The average Bonchev–Trinajstić information content (AvgIpc) is 2.63. The summed E-state index contributed by atoms with van der Waals surface area (Å²) in [4.78, 5) is 4.50. The Labute approximate surface area is 142 Å². The van der Waals surface area contributed by atoms with E-state index in [2.05, 4.69) is 34.6 Å². The first-order valence-corrected chi connectivity index (χ1v) is 8.75. The van der Waals surface area contributed by atoms with Crippen LogP contribution in [0.25, 0.3) is 10.8 Å². The Hall–Kier alpha value is -2.55. The van der Waals surface area contributed by atoms with Crippen molar-refractivity contribution in [2.75, 3.05) is 5.32 Å². The smallest absolute Gasteiger partial charge is 0.130 e. The summed E-state index contributed by atoms with van der Waals surface area (Å²) in [5.41, 5.74) is 1.04. The summed E-state index contributed by atoms with van der Waals surface area (Å²) in [5, 5.41) is 5.62. The van der Waals surface area contributed by atoms with Crippen molar-refractivity contribution in [3.8, 4) is 5.75 Å². The van der Waals surface area contributed by atoms with E-state index in [1.807, 2.05) is 36.5 Å². The van der Waals surface area contributed by atoms with Gasteiger partial charge in [0.2, 0.25) is 0 Å². The van der Waals surface area contributed by atoms with E-state index in [1.54, 1.807) is 0 Å². The fraction of sp³-hybridized carbons (Fsp3) is 0.286. The molecule has 1 saturated carbocycles. The Bertz CT molecular complexity index is 810. The highest BCUT2D eigenvalue weighted by molar-refractivity contribution is 5.85. The third-order valence-electron chi connectivity index (χ3n) is 4.59. The fourth-order valence-corrected chi connectivity index (χ4v) is 3.31. The van der Waals surface area contributed by atoms with Gasteiger partial charge in [0.15, 0.2) is 0 Å². The molecule has 1 heterocycles. The molecule has 3 heteroatoms. The number of ether oxygens (including phenoxy) is 1. The molecule has 0 aliphatic heterocycles. The number of benzene rings is 2. The van der Waals surface area contributed by atoms with Crippen molar-refractivity contribution >= 4 is 22.3 Å². The Morgan fingerprint density at radius 3 is 2.54 bits per heavy atom. The molecule has 2 aromatic carbocycles. The number of nitrogens with one attached hydrogen (secondary N) is 1. The second kappa shape index (κ2) is 6.91. The van der Waals surface area contributed by atoms with E-state index in [0.717, 1.165) is 28.0 Å². The van der Waals surface area contributed by atoms with Gasteiger partial charge in [-0.2, -0.15) is 0 Å². The molecule has 0 amide bonds. The third-order valence-corrected chi connectivity index (χ3v) is 4.59. The molecule has 4 rings (SSSR count). The zero-order chi connectivity index (χ0) is 16.2. The van der Waals surface area contributed by atoms with Gasteiger partial charge in [0.05, 0.1) is 6.10 Å². The maximum atomic E-state index is 6.18. The molecule has 0 saturated heterocycles. The van der Waals surface area contributed by atoms with Gasteiger partial charge in [-0.15, -0.1) is 0 Å². The predicted molar refractivity (Wildman–Crippen MR) is 99.0 cm³/mol. The Morgan fingerprint density at radius 1 is 0.875 bits per heavy atom. The first kappa shape index (κ1) is 15.0. The quantitative estimate of drug-likeness (QED) is 0.671. The largest absolute Gasteiger partial charge is 0.490 e. The second-order valence-electron chi connectivity index (χ2n) is 6.45. The number of para-hydroxylation sites is 1. The number of rotatable bonds is 4. The summed E-state index contributed by atoms with van der Waals surface area (Å²) in [6.07, 6.45) is 8.55. The third kappa shape index (κ3) is 3.51. The first-order chi connectivity index (χ1) is 11.9. The normalized spacial score (nSPS) is 15.3. The van der Waals surface area contributed by atoms with Gasteiger partial charge < -0.3 is 10.1 Å². The Morgan fingerprint density at radius 2 is 1.71 bits per heavy atom. The first-order valence-electron chi connectivity index (χ1n) is 8.75. The Balaban J connectivity index is 1.55. The molecule has 1 N–H and O–H groups in total. The maximum Gasteiger partial charge on any atom is 0.130 e. The van der Waals surface area contributed by atoms with Crippen molar-refractivity contribution in [3.63, 3.8) is 0 Å². The summed E-state index contributed by atoms with van der Waals surface area (Å²) in [5.74, 6) is 1.81. The van der Waals surface area contributed by atoms with Crippen LogP contribution in [0, 0.1) is 0 Å². The molecular formula is C21H22N2O. The van der Waals surface area contributed by atoms with E-state index in [0.29, 0.717) is 6.10 Å². The molecule has 24 heavy (non-hydrogen) atoms. The molecule has 0 unspecified atom stereocenters. The van der Waals surface area contributed by atoms with Gasteiger partial charge in [-0.3, -0.25) is 0 Å². The number of pyridine rings is 1. The summed E-state index contributed by atoms with van der Waals surface area (Å²) >= 11 is 0. The lowest BCUT2D eigenvalue weighted by Gasteiger charge is -2.23. The average molecular weight is 318 g/mol. The van der Waals surface area contributed by atoms with Crippen molar-refractivity contribution < 1.29 is 4.74 Å². The molecular weight excluding hydrogens is 296 g/mol. The molecule has 0 spiro atoms. The summed E-state index contributed by atoms with van der Waals surface area (Å²) < 4.78 is 6.18. The van der Waals surface area contributed by atoms with E-state index in [9.17, 15) is 0 Å². The zero-order valence-corrected chi connectivity index (χ0v) is 13.7. The summed E-state index contributed by atoms with van der Waals surface area (Å²) in [6, 6.07) is 18.5. The number of aromatic nitrogens is 1. The lowest BCUT2D eigenvalue weighted by atomic mass is 9.98. The number of fused-ring (bicyclic) bond motifs is 1. The van der Waals surface area contributed by atoms with E-state index in [-0.39, 0.29) is 0 Å². The lowest BCUT2D eigenvalue weighted by Crippen LogP contribution is -2.19. The second-order valence-corrected chi connectivity index (χ2v) is 6.45. The van der Waals surface area contributed by atoms with Gasteiger partial charge in [-0.1, -0.05) is 24.6 Å². The topological polar surface area (TPSA) is 34.1 Å². The van der Waals surface area contributed by atoms with Gasteiger partial charge in [-0.25, -0.2) is 4.98 Å². The highest BCUT2D eigenvalue weighted by atomic mass is 16.5.